The van der Waals surface area contributed by atoms with Gasteiger partial charge < -0.3 is 10.5 Å². The van der Waals surface area contributed by atoms with Crippen molar-refractivity contribution in [1.82, 2.24) is 0 Å². The summed E-state index contributed by atoms with van der Waals surface area (Å²) >= 11 is 0. The number of halogens is 1. The van der Waals surface area contributed by atoms with Crippen LogP contribution in [0.15, 0.2) is 42.5 Å². The molecule has 0 saturated carbocycles. The van der Waals surface area contributed by atoms with E-state index in [9.17, 15) is 4.39 Å². The van der Waals surface area contributed by atoms with Crippen LogP contribution < -0.4 is 10.5 Å². The molecule has 0 radical (unpaired) electrons. The molecular weight excluding hydrogens is 205 g/mol. The standard InChI is InChI=1S/C13H12FNO/c1-9-6-10(15)8-11(7-9)16-13-5-3-2-4-12(13)14/h2-8H,15H2,1H3. The van der Waals surface area contributed by atoms with Gasteiger partial charge in [-0.3, -0.25) is 0 Å². The van der Waals surface area contributed by atoms with E-state index >= 15 is 0 Å². The summed E-state index contributed by atoms with van der Waals surface area (Å²) in [5.74, 6) is 0.359. The van der Waals surface area contributed by atoms with Crippen LogP contribution in [0.1, 0.15) is 5.56 Å². The van der Waals surface area contributed by atoms with Crippen LogP contribution in [0.3, 0.4) is 0 Å². The van der Waals surface area contributed by atoms with Crippen molar-refractivity contribution < 1.29 is 9.13 Å². The van der Waals surface area contributed by atoms with E-state index in [4.69, 9.17) is 10.5 Å². The Morgan fingerprint density at radius 1 is 1.12 bits per heavy atom. The zero-order valence-electron chi connectivity index (χ0n) is 8.91. The fraction of sp³-hybridized carbons (Fsp3) is 0.0769. The topological polar surface area (TPSA) is 35.2 Å². The summed E-state index contributed by atoms with van der Waals surface area (Å²) in [4.78, 5) is 0. The van der Waals surface area contributed by atoms with Crippen molar-refractivity contribution in [3.63, 3.8) is 0 Å². The van der Waals surface area contributed by atoms with Gasteiger partial charge in [-0.25, -0.2) is 4.39 Å². The normalized spacial score (nSPS) is 10.1. The minimum atomic E-state index is -0.387. The minimum absolute atomic E-state index is 0.201. The third-order valence-electron chi connectivity index (χ3n) is 2.14. The number of para-hydroxylation sites is 1. The van der Waals surface area contributed by atoms with Gasteiger partial charge in [-0.1, -0.05) is 12.1 Å². The van der Waals surface area contributed by atoms with Crippen LogP contribution >= 0.6 is 0 Å². The molecule has 16 heavy (non-hydrogen) atoms. The van der Waals surface area contributed by atoms with Gasteiger partial charge in [-0.05, 0) is 36.8 Å². The number of ether oxygens (including phenoxy) is 1. The van der Waals surface area contributed by atoms with Crippen molar-refractivity contribution in [1.29, 1.82) is 0 Å². The van der Waals surface area contributed by atoms with E-state index in [0.29, 0.717) is 11.4 Å². The highest BCUT2D eigenvalue weighted by atomic mass is 19.1. The molecule has 0 heterocycles. The van der Waals surface area contributed by atoms with Gasteiger partial charge in [0.2, 0.25) is 0 Å². The first kappa shape index (κ1) is 10.5. The molecule has 2 aromatic rings. The SMILES string of the molecule is Cc1cc(N)cc(Oc2ccccc2F)c1. The Morgan fingerprint density at radius 2 is 1.88 bits per heavy atom. The first-order chi connectivity index (χ1) is 7.65. The molecule has 0 unspecified atom stereocenters. The molecule has 2 aromatic carbocycles. The summed E-state index contributed by atoms with van der Waals surface area (Å²) in [5, 5.41) is 0. The average Bonchev–Trinajstić information content (AvgIpc) is 2.20. The maximum Gasteiger partial charge on any atom is 0.165 e. The fourth-order valence-electron chi connectivity index (χ4n) is 1.49. The number of rotatable bonds is 2. The summed E-state index contributed by atoms with van der Waals surface area (Å²) < 4.78 is 18.7. The second kappa shape index (κ2) is 4.23. The van der Waals surface area contributed by atoms with Crippen LogP contribution in [-0.4, -0.2) is 0 Å². The first-order valence-corrected chi connectivity index (χ1v) is 4.95. The first-order valence-electron chi connectivity index (χ1n) is 4.95. The average molecular weight is 217 g/mol. The Kier molecular flexibility index (Phi) is 2.77. The second-order valence-corrected chi connectivity index (χ2v) is 3.61. The molecule has 0 fully saturated rings. The molecule has 0 saturated heterocycles. The van der Waals surface area contributed by atoms with Gasteiger partial charge in [0.1, 0.15) is 5.75 Å². The maximum absolute atomic E-state index is 13.3. The third kappa shape index (κ3) is 2.31. The fourth-order valence-corrected chi connectivity index (χ4v) is 1.49. The lowest BCUT2D eigenvalue weighted by Gasteiger charge is -2.08. The molecule has 2 nitrogen and oxygen atoms in total. The molecule has 2 rings (SSSR count). The lowest BCUT2D eigenvalue weighted by Crippen LogP contribution is -1.91. The zero-order chi connectivity index (χ0) is 11.5. The van der Waals surface area contributed by atoms with Gasteiger partial charge in [-0.2, -0.15) is 0 Å². The predicted molar refractivity (Wildman–Crippen MR) is 62.1 cm³/mol. The molecule has 0 aliphatic heterocycles. The second-order valence-electron chi connectivity index (χ2n) is 3.61. The zero-order valence-corrected chi connectivity index (χ0v) is 8.91. The molecule has 3 heteroatoms. The molecule has 82 valence electrons. The number of aryl methyl sites for hydroxylation is 1. The van der Waals surface area contributed by atoms with Crippen LogP contribution in [0.25, 0.3) is 0 Å². The predicted octanol–water partition coefficient (Wildman–Crippen LogP) is 3.51. The van der Waals surface area contributed by atoms with E-state index in [1.165, 1.54) is 6.07 Å². The molecule has 0 atom stereocenters. The molecule has 0 bridgehead atoms. The van der Waals surface area contributed by atoms with Crippen molar-refractivity contribution in [3.8, 4) is 11.5 Å². The van der Waals surface area contributed by atoms with Gasteiger partial charge >= 0.3 is 0 Å². The molecule has 0 aliphatic rings. The van der Waals surface area contributed by atoms with Gasteiger partial charge in [0.25, 0.3) is 0 Å². The van der Waals surface area contributed by atoms with Crippen LogP contribution in [0, 0.1) is 12.7 Å². The van der Waals surface area contributed by atoms with Crippen LogP contribution in [0.4, 0.5) is 10.1 Å². The van der Waals surface area contributed by atoms with E-state index in [-0.39, 0.29) is 11.6 Å². The van der Waals surface area contributed by atoms with E-state index < -0.39 is 0 Å². The Morgan fingerprint density at radius 3 is 2.56 bits per heavy atom. The highest BCUT2D eigenvalue weighted by Crippen LogP contribution is 2.26. The number of nitrogen functional groups attached to an aromatic ring is 1. The highest BCUT2D eigenvalue weighted by molar-refractivity contribution is 5.48. The van der Waals surface area contributed by atoms with E-state index in [2.05, 4.69) is 0 Å². The Bertz CT molecular complexity index is 491. The number of anilines is 1. The van der Waals surface area contributed by atoms with Crippen molar-refractivity contribution >= 4 is 5.69 Å². The molecule has 0 aromatic heterocycles. The quantitative estimate of drug-likeness (QED) is 0.781. The van der Waals surface area contributed by atoms with Crippen LogP contribution in [-0.2, 0) is 0 Å². The van der Waals surface area contributed by atoms with Crippen LogP contribution in [0.5, 0.6) is 11.5 Å². The van der Waals surface area contributed by atoms with Crippen molar-refractivity contribution in [3.05, 3.63) is 53.8 Å². The van der Waals surface area contributed by atoms with E-state index in [1.807, 2.05) is 19.1 Å². The molecule has 0 aliphatic carbocycles. The van der Waals surface area contributed by atoms with Crippen molar-refractivity contribution in [2.24, 2.45) is 0 Å². The summed E-state index contributed by atoms with van der Waals surface area (Å²) in [6.45, 7) is 1.91. The Labute approximate surface area is 93.5 Å². The van der Waals surface area contributed by atoms with Gasteiger partial charge in [0.15, 0.2) is 11.6 Å². The van der Waals surface area contributed by atoms with Gasteiger partial charge in [0, 0.05) is 11.8 Å². The number of hydrogen-bond donors (Lipinski definition) is 1. The molecular formula is C13H12FNO. The molecule has 0 spiro atoms. The van der Waals surface area contributed by atoms with Crippen LogP contribution in [0.2, 0.25) is 0 Å². The third-order valence-corrected chi connectivity index (χ3v) is 2.14. The maximum atomic E-state index is 13.3. The molecule has 2 N–H and O–H groups in total. The lowest BCUT2D eigenvalue weighted by molar-refractivity contribution is 0.442. The highest BCUT2D eigenvalue weighted by Gasteiger charge is 2.04. The van der Waals surface area contributed by atoms with E-state index in [0.717, 1.165) is 5.56 Å². The van der Waals surface area contributed by atoms with Gasteiger partial charge in [-0.15, -0.1) is 0 Å². The molecule has 0 amide bonds. The number of benzene rings is 2. The Hall–Kier alpha value is -2.03. The Balaban J connectivity index is 2.30. The number of nitrogens with two attached hydrogens (primary N) is 1. The van der Waals surface area contributed by atoms with Crippen molar-refractivity contribution in [2.75, 3.05) is 5.73 Å². The minimum Gasteiger partial charge on any atom is -0.454 e. The largest absolute Gasteiger partial charge is 0.454 e. The monoisotopic (exact) mass is 217 g/mol. The summed E-state index contributed by atoms with van der Waals surface area (Å²) in [7, 11) is 0. The summed E-state index contributed by atoms with van der Waals surface area (Å²) in [6.07, 6.45) is 0. The number of hydrogen-bond acceptors (Lipinski definition) is 2. The van der Waals surface area contributed by atoms with E-state index in [1.54, 1.807) is 24.3 Å². The summed E-state index contributed by atoms with van der Waals surface area (Å²) in [6, 6.07) is 11.6. The smallest absolute Gasteiger partial charge is 0.165 e. The van der Waals surface area contributed by atoms with Crippen molar-refractivity contribution in [2.45, 2.75) is 6.92 Å². The lowest BCUT2D eigenvalue weighted by atomic mass is 10.2. The van der Waals surface area contributed by atoms with Gasteiger partial charge in [0.05, 0.1) is 0 Å². The summed E-state index contributed by atoms with van der Waals surface area (Å²) in [5.41, 5.74) is 7.26.